The van der Waals surface area contributed by atoms with Gasteiger partial charge in [0, 0.05) is 4.47 Å². The Morgan fingerprint density at radius 3 is 2.47 bits per heavy atom. The molecular formula is C26H18BrF3N2O5S. The van der Waals surface area contributed by atoms with Gasteiger partial charge in [-0.15, -0.1) is 0 Å². The van der Waals surface area contributed by atoms with E-state index < -0.39 is 46.7 Å². The van der Waals surface area contributed by atoms with Crippen LogP contribution in [0.2, 0.25) is 0 Å². The Morgan fingerprint density at radius 2 is 1.76 bits per heavy atom. The number of amides is 3. The Labute approximate surface area is 227 Å². The molecule has 1 heterocycles. The van der Waals surface area contributed by atoms with Crippen molar-refractivity contribution in [3.8, 4) is 11.5 Å². The van der Waals surface area contributed by atoms with E-state index in [4.69, 9.17) is 9.47 Å². The van der Waals surface area contributed by atoms with Crippen molar-refractivity contribution in [3.63, 3.8) is 0 Å². The molecule has 0 atom stereocenters. The highest BCUT2D eigenvalue weighted by Crippen LogP contribution is 2.35. The van der Waals surface area contributed by atoms with Gasteiger partial charge in [0.25, 0.3) is 11.1 Å². The van der Waals surface area contributed by atoms with Crippen LogP contribution in [0.4, 0.5) is 23.7 Å². The fourth-order valence-corrected chi connectivity index (χ4v) is 4.48. The number of nitrogens with zero attached hydrogens (tertiary/aromatic N) is 1. The number of carbonyl (C=O) groups is 3. The number of methoxy groups -OCH3 is 1. The molecule has 0 spiro atoms. The van der Waals surface area contributed by atoms with Gasteiger partial charge in [0.1, 0.15) is 13.2 Å². The highest BCUT2D eigenvalue weighted by Gasteiger charge is 2.36. The van der Waals surface area contributed by atoms with Gasteiger partial charge in [0.05, 0.1) is 17.7 Å². The molecule has 12 heteroatoms. The van der Waals surface area contributed by atoms with E-state index in [0.29, 0.717) is 46.4 Å². The molecule has 1 fully saturated rings. The smallest absolute Gasteiger partial charge is 0.294 e. The van der Waals surface area contributed by atoms with Gasteiger partial charge in [0.15, 0.2) is 29.0 Å². The molecule has 1 saturated heterocycles. The van der Waals surface area contributed by atoms with E-state index in [2.05, 4.69) is 15.9 Å². The molecule has 3 aromatic rings. The van der Waals surface area contributed by atoms with Gasteiger partial charge in [-0.25, -0.2) is 13.2 Å². The number of hydrogen-bond acceptors (Lipinski definition) is 6. The highest BCUT2D eigenvalue weighted by atomic mass is 79.9. The number of benzene rings is 3. The largest absolute Gasteiger partial charge is 0.493 e. The minimum absolute atomic E-state index is 0.0485. The number of ether oxygens (including phenoxy) is 2. The summed E-state index contributed by atoms with van der Waals surface area (Å²) < 4.78 is 52.5. The van der Waals surface area contributed by atoms with E-state index in [1.807, 2.05) is 29.6 Å². The number of imide groups is 1. The summed E-state index contributed by atoms with van der Waals surface area (Å²) in [5.74, 6) is -5.59. The average molecular weight is 607 g/mol. The van der Waals surface area contributed by atoms with Crippen LogP contribution in [0.3, 0.4) is 0 Å². The lowest BCUT2D eigenvalue weighted by atomic mass is 10.1. The summed E-state index contributed by atoms with van der Waals surface area (Å²) in [6.07, 6.45) is 1.46. The number of rotatable bonds is 8. The standard InChI is InChI=1S/C26H18BrF3N2O5S/c1-36-20-10-15(4-9-19(20)37-13-14-2-5-16(27)6-3-14)11-21-25(34)32(26(35)38-21)12-22(33)31-18-8-7-17(28)23(29)24(18)30/h2-11H,12-13H2,1H3,(H,31,33)/b21-11-. The Kier molecular flexibility index (Phi) is 8.42. The number of nitrogens with one attached hydrogen (secondary N) is 1. The van der Waals surface area contributed by atoms with Crippen molar-refractivity contribution < 1.29 is 37.0 Å². The van der Waals surface area contributed by atoms with E-state index >= 15 is 0 Å². The third-order valence-corrected chi connectivity index (χ3v) is 6.71. The maximum absolute atomic E-state index is 13.8. The van der Waals surface area contributed by atoms with Gasteiger partial charge in [-0.2, -0.15) is 0 Å². The Hall–Kier alpha value is -3.77. The zero-order valence-corrected chi connectivity index (χ0v) is 22.0. The number of anilines is 1. The van der Waals surface area contributed by atoms with Crippen LogP contribution in [0.1, 0.15) is 11.1 Å². The maximum atomic E-state index is 13.8. The summed E-state index contributed by atoms with van der Waals surface area (Å²) in [5.41, 5.74) is 0.868. The predicted octanol–water partition coefficient (Wildman–Crippen LogP) is 6.13. The van der Waals surface area contributed by atoms with Crippen LogP contribution < -0.4 is 14.8 Å². The molecule has 0 aromatic heterocycles. The lowest BCUT2D eigenvalue weighted by Crippen LogP contribution is -2.36. The number of carbonyl (C=O) groups excluding carboxylic acids is 3. The zero-order valence-electron chi connectivity index (χ0n) is 19.6. The van der Waals surface area contributed by atoms with Gasteiger partial charge in [-0.1, -0.05) is 34.1 Å². The van der Waals surface area contributed by atoms with Crippen molar-refractivity contribution in [1.29, 1.82) is 0 Å². The molecule has 0 saturated carbocycles. The summed E-state index contributed by atoms with van der Waals surface area (Å²) in [6, 6.07) is 14.1. The van der Waals surface area contributed by atoms with Gasteiger partial charge in [-0.05, 0) is 65.4 Å². The second kappa shape index (κ2) is 11.7. The fraction of sp³-hybridized carbons (Fsp3) is 0.115. The van der Waals surface area contributed by atoms with Crippen LogP contribution in [0, 0.1) is 17.5 Å². The summed E-state index contributed by atoms with van der Waals surface area (Å²) in [7, 11) is 1.47. The van der Waals surface area contributed by atoms with Crippen molar-refractivity contribution in [3.05, 3.63) is 92.6 Å². The minimum atomic E-state index is -1.75. The molecule has 7 nitrogen and oxygen atoms in total. The molecule has 3 aromatic carbocycles. The molecule has 3 amide bonds. The van der Waals surface area contributed by atoms with Crippen LogP contribution in [0.5, 0.6) is 11.5 Å². The van der Waals surface area contributed by atoms with Gasteiger partial charge in [0.2, 0.25) is 5.91 Å². The van der Waals surface area contributed by atoms with Gasteiger partial charge in [-0.3, -0.25) is 19.3 Å². The summed E-state index contributed by atoms with van der Waals surface area (Å²) >= 11 is 4.00. The molecule has 1 aliphatic heterocycles. The lowest BCUT2D eigenvalue weighted by Gasteiger charge is -2.13. The van der Waals surface area contributed by atoms with Crippen LogP contribution >= 0.6 is 27.7 Å². The predicted molar refractivity (Wildman–Crippen MR) is 139 cm³/mol. The normalized spacial score (nSPS) is 14.2. The molecule has 1 N–H and O–H groups in total. The molecular weight excluding hydrogens is 589 g/mol. The van der Waals surface area contributed by atoms with Crippen molar-refractivity contribution in [2.45, 2.75) is 6.61 Å². The Bertz CT molecular complexity index is 1450. The van der Waals surface area contributed by atoms with E-state index in [1.54, 1.807) is 18.2 Å². The molecule has 1 aliphatic rings. The fourth-order valence-electron chi connectivity index (χ4n) is 3.38. The third-order valence-electron chi connectivity index (χ3n) is 5.28. The molecule has 38 heavy (non-hydrogen) atoms. The zero-order chi connectivity index (χ0) is 27.4. The molecule has 4 rings (SSSR count). The molecule has 0 bridgehead atoms. The molecule has 196 valence electrons. The first-order valence-corrected chi connectivity index (χ1v) is 12.5. The minimum Gasteiger partial charge on any atom is -0.493 e. The first-order valence-electron chi connectivity index (χ1n) is 10.9. The van der Waals surface area contributed by atoms with Crippen LogP contribution in [0.15, 0.2) is 64.0 Å². The summed E-state index contributed by atoms with van der Waals surface area (Å²) in [5, 5.41) is 1.31. The second-order valence-electron chi connectivity index (χ2n) is 7.86. The summed E-state index contributed by atoms with van der Waals surface area (Å²) in [4.78, 5) is 38.1. The second-order valence-corrected chi connectivity index (χ2v) is 9.77. The van der Waals surface area contributed by atoms with E-state index in [-0.39, 0.29) is 4.91 Å². The Balaban J connectivity index is 1.43. The van der Waals surface area contributed by atoms with E-state index in [0.717, 1.165) is 16.1 Å². The van der Waals surface area contributed by atoms with Crippen LogP contribution in [-0.2, 0) is 16.2 Å². The van der Waals surface area contributed by atoms with Gasteiger partial charge < -0.3 is 14.8 Å². The molecule has 0 radical (unpaired) electrons. The molecule has 0 aliphatic carbocycles. The summed E-state index contributed by atoms with van der Waals surface area (Å²) in [6.45, 7) is -0.439. The monoisotopic (exact) mass is 606 g/mol. The average Bonchev–Trinajstić information content (AvgIpc) is 3.16. The van der Waals surface area contributed by atoms with E-state index in [9.17, 15) is 27.6 Å². The van der Waals surface area contributed by atoms with Gasteiger partial charge >= 0.3 is 0 Å². The number of halogens is 4. The topological polar surface area (TPSA) is 84.9 Å². The van der Waals surface area contributed by atoms with Crippen molar-refractivity contribution in [1.82, 2.24) is 4.90 Å². The van der Waals surface area contributed by atoms with E-state index in [1.165, 1.54) is 13.2 Å². The van der Waals surface area contributed by atoms with Crippen molar-refractivity contribution in [2.24, 2.45) is 0 Å². The van der Waals surface area contributed by atoms with Crippen LogP contribution in [-0.4, -0.2) is 35.6 Å². The molecule has 0 unspecified atom stereocenters. The first-order chi connectivity index (χ1) is 18.2. The first kappa shape index (κ1) is 27.3. The highest BCUT2D eigenvalue weighted by molar-refractivity contribution is 9.10. The third kappa shape index (κ3) is 6.20. The van der Waals surface area contributed by atoms with Crippen molar-refractivity contribution >= 4 is 56.5 Å². The quantitative estimate of drug-likeness (QED) is 0.245. The lowest BCUT2D eigenvalue weighted by molar-refractivity contribution is -0.127. The maximum Gasteiger partial charge on any atom is 0.294 e. The number of thioether (sulfide) groups is 1. The Morgan fingerprint density at radius 1 is 1.03 bits per heavy atom. The SMILES string of the molecule is COc1cc(/C=C2\SC(=O)N(CC(=O)Nc3ccc(F)c(F)c3F)C2=O)ccc1OCc1ccc(Br)cc1. The number of hydrogen-bond donors (Lipinski definition) is 1. The van der Waals surface area contributed by atoms with Crippen molar-refractivity contribution in [2.75, 3.05) is 19.0 Å². The van der Waals surface area contributed by atoms with Crippen LogP contribution in [0.25, 0.3) is 6.08 Å².